The molecule has 0 N–H and O–H groups in total. The maximum absolute atomic E-state index is 5.30. The number of thioether (sulfide) groups is 2. The average molecular weight is 356 g/mol. The number of methoxy groups -OCH3 is 1. The Morgan fingerprint density at radius 2 is 1.68 bits per heavy atom. The second-order valence-electron chi connectivity index (χ2n) is 4.71. The van der Waals surface area contributed by atoms with E-state index in [1.165, 1.54) is 28.4 Å². The van der Waals surface area contributed by atoms with Crippen molar-refractivity contribution in [3.05, 3.63) is 29.8 Å². The number of ether oxygens (including phenoxy) is 1. The third kappa shape index (κ3) is 3.30. The topological polar surface area (TPSA) is 9.23 Å². The molecule has 0 spiro atoms. The fourth-order valence-corrected chi connectivity index (χ4v) is 16.9. The normalized spacial score (nSPS) is 18.5. The van der Waals surface area contributed by atoms with Crippen LogP contribution in [0.5, 0.6) is 5.75 Å². The van der Waals surface area contributed by atoms with Crippen molar-refractivity contribution in [1.82, 2.24) is 0 Å². The predicted octanol–water partition coefficient (Wildman–Crippen LogP) is 4.79. The molecule has 0 unspecified atom stereocenters. The van der Waals surface area contributed by atoms with E-state index >= 15 is 0 Å². The summed E-state index contributed by atoms with van der Waals surface area (Å²) in [4.78, 5) is 0. The van der Waals surface area contributed by atoms with Crippen LogP contribution in [0.25, 0.3) is 0 Å². The number of rotatable bonds is 5. The monoisotopic (exact) mass is 357 g/mol. The molecular weight excluding hydrogens is 333 g/mol. The van der Waals surface area contributed by atoms with Gasteiger partial charge in [-0.15, -0.1) is 0 Å². The standard InChI is InChI=1S/C15H23GeOS2/c1-4-16(5-2)15(18-11-6-12-19-15)13-7-9-14(17-3)10-8-13/h7-10H,4-6,11-12H2,1-3H3. The molecule has 19 heavy (non-hydrogen) atoms. The van der Waals surface area contributed by atoms with Gasteiger partial charge in [-0.25, -0.2) is 0 Å². The molecule has 0 atom stereocenters. The minimum atomic E-state index is -1.08. The van der Waals surface area contributed by atoms with Crippen molar-refractivity contribution < 1.29 is 4.74 Å². The molecule has 0 saturated carbocycles. The van der Waals surface area contributed by atoms with Crippen LogP contribution in [-0.2, 0) is 2.91 Å². The van der Waals surface area contributed by atoms with E-state index in [1.54, 1.807) is 12.7 Å². The zero-order valence-corrected chi connectivity index (χ0v) is 15.8. The van der Waals surface area contributed by atoms with E-state index in [1.807, 2.05) is 0 Å². The molecule has 1 aromatic carbocycles. The Bertz CT molecular complexity index is 384. The van der Waals surface area contributed by atoms with Crippen molar-refractivity contribution >= 4 is 37.9 Å². The minimum absolute atomic E-state index is 0.425. The molecule has 0 aromatic heterocycles. The molecule has 4 heteroatoms. The first-order chi connectivity index (χ1) is 9.26. The van der Waals surface area contributed by atoms with Crippen molar-refractivity contribution in [2.45, 2.75) is 33.7 Å². The molecule has 2 rings (SSSR count). The van der Waals surface area contributed by atoms with Crippen molar-refractivity contribution in [2.24, 2.45) is 0 Å². The van der Waals surface area contributed by atoms with Gasteiger partial charge in [0.05, 0.1) is 0 Å². The molecule has 0 amide bonds. The molecule has 1 aromatic rings. The molecule has 1 aliphatic rings. The van der Waals surface area contributed by atoms with Crippen LogP contribution in [0.3, 0.4) is 0 Å². The van der Waals surface area contributed by atoms with Gasteiger partial charge >= 0.3 is 130 Å². The fraction of sp³-hybridized carbons (Fsp3) is 0.600. The molecule has 105 valence electrons. The van der Waals surface area contributed by atoms with Crippen LogP contribution in [0.15, 0.2) is 24.3 Å². The first-order valence-corrected chi connectivity index (χ1v) is 13.0. The summed E-state index contributed by atoms with van der Waals surface area (Å²) in [7, 11) is 1.74. The van der Waals surface area contributed by atoms with Crippen LogP contribution in [0.2, 0.25) is 10.5 Å². The SMILES string of the molecule is C[CH2][Ge]([CH2]C)[C]1(c2ccc(OC)cc2)SCCCS1. The molecule has 0 aliphatic carbocycles. The Hall–Kier alpha value is 0.263. The van der Waals surface area contributed by atoms with Crippen molar-refractivity contribution in [3.8, 4) is 5.75 Å². The Morgan fingerprint density at radius 1 is 1.11 bits per heavy atom. The van der Waals surface area contributed by atoms with E-state index in [-0.39, 0.29) is 0 Å². The zero-order valence-electron chi connectivity index (χ0n) is 12.1. The maximum atomic E-state index is 5.30. The first kappa shape index (κ1) is 15.6. The quantitative estimate of drug-likeness (QED) is 0.702. The van der Waals surface area contributed by atoms with E-state index in [4.69, 9.17) is 4.74 Å². The molecule has 1 fully saturated rings. The van der Waals surface area contributed by atoms with E-state index in [2.05, 4.69) is 61.6 Å². The fourth-order valence-electron chi connectivity index (χ4n) is 2.63. The summed E-state index contributed by atoms with van der Waals surface area (Å²) in [6, 6.07) is 8.88. The summed E-state index contributed by atoms with van der Waals surface area (Å²) < 4.78 is 5.73. The summed E-state index contributed by atoms with van der Waals surface area (Å²) in [6.07, 6.45) is 1.37. The summed E-state index contributed by atoms with van der Waals surface area (Å²) in [5.41, 5.74) is 1.54. The van der Waals surface area contributed by atoms with Crippen LogP contribution in [0.1, 0.15) is 25.8 Å². The predicted molar refractivity (Wildman–Crippen MR) is 90.9 cm³/mol. The summed E-state index contributed by atoms with van der Waals surface area (Å²) in [5, 5.41) is 2.84. The number of hydrogen-bond acceptors (Lipinski definition) is 3. The molecular formula is C15H23GeOS2. The van der Waals surface area contributed by atoms with E-state index in [0.717, 1.165) is 5.75 Å². The van der Waals surface area contributed by atoms with Crippen LogP contribution in [-0.4, -0.2) is 33.0 Å². The molecule has 1 aliphatic heterocycles. The molecule has 1 heterocycles. The van der Waals surface area contributed by atoms with Gasteiger partial charge in [-0.3, -0.25) is 0 Å². The van der Waals surface area contributed by atoms with Gasteiger partial charge in [-0.1, -0.05) is 0 Å². The van der Waals surface area contributed by atoms with Gasteiger partial charge in [0, 0.05) is 0 Å². The number of hydrogen-bond donors (Lipinski definition) is 0. The van der Waals surface area contributed by atoms with Gasteiger partial charge in [0.2, 0.25) is 0 Å². The van der Waals surface area contributed by atoms with Crippen LogP contribution >= 0.6 is 23.5 Å². The Balaban J connectivity index is 2.35. The molecule has 0 bridgehead atoms. The molecule has 1 nitrogen and oxygen atoms in total. The van der Waals surface area contributed by atoms with Crippen molar-refractivity contribution in [3.63, 3.8) is 0 Å². The van der Waals surface area contributed by atoms with Crippen LogP contribution in [0.4, 0.5) is 0 Å². The van der Waals surface area contributed by atoms with Gasteiger partial charge < -0.3 is 0 Å². The third-order valence-electron chi connectivity index (χ3n) is 3.69. The van der Waals surface area contributed by atoms with Gasteiger partial charge in [-0.05, 0) is 0 Å². The molecule has 1 radical (unpaired) electrons. The van der Waals surface area contributed by atoms with Crippen molar-refractivity contribution in [2.75, 3.05) is 18.6 Å². The summed E-state index contributed by atoms with van der Waals surface area (Å²) in [6.45, 7) is 4.81. The van der Waals surface area contributed by atoms with Gasteiger partial charge in [0.25, 0.3) is 0 Å². The van der Waals surface area contributed by atoms with Gasteiger partial charge in [0.1, 0.15) is 0 Å². The molecule has 1 saturated heterocycles. The second kappa shape index (κ2) is 7.32. The summed E-state index contributed by atoms with van der Waals surface area (Å²) >= 11 is 3.38. The first-order valence-electron chi connectivity index (χ1n) is 7.04. The number of benzene rings is 1. The third-order valence-corrected chi connectivity index (χ3v) is 17.6. The second-order valence-corrected chi connectivity index (χ2v) is 16.2. The Kier molecular flexibility index (Phi) is 6.03. The van der Waals surface area contributed by atoms with E-state index in [0.29, 0.717) is 2.91 Å². The van der Waals surface area contributed by atoms with Crippen molar-refractivity contribution in [1.29, 1.82) is 0 Å². The van der Waals surface area contributed by atoms with Gasteiger partial charge in [0.15, 0.2) is 0 Å². The van der Waals surface area contributed by atoms with Gasteiger partial charge in [-0.2, -0.15) is 0 Å². The van der Waals surface area contributed by atoms with E-state index in [9.17, 15) is 0 Å². The average Bonchev–Trinajstić information content (AvgIpc) is 2.49. The van der Waals surface area contributed by atoms with E-state index < -0.39 is 14.3 Å². The zero-order chi connectivity index (χ0) is 13.7. The van der Waals surface area contributed by atoms with Crippen LogP contribution in [0, 0.1) is 0 Å². The Labute approximate surface area is 130 Å². The summed E-state index contributed by atoms with van der Waals surface area (Å²) in [5.74, 6) is 3.63. The Morgan fingerprint density at radius 3 is 2.16 bits per heavy atom. The van der Waals surface area contributed by atoms with Crippen LogP contribution < -0.4 is 4.74 Å².